The Morgan fingerprint density at radius 1 is 1.05 bits per heavy atom. The summed E-state index contributed by atoms with van der Waals surface area (Å²) in [6.07, 6.45) is 8.69. The molecule has 1 aromatic carbocycles. The molecule has 0 saturated heterocycles. The van der Waals surface area contributed by atoms with Gasteiger partial charge in [0.15, 0.2) is 9.84 Å². The van der Waals surface area contributed by atoms with Crippen molar-refractivity contribution in [3.8, 4) is 0 Å². The van der Waals surface area contributed by atoms with Crippen LogP contribution in [0.2, 0.25) is 0 Å². The lowest BCUT2D eigenvalue weighted by Crippen LogP contribution is -2.22. The van der Waals surface area contributed by atoms with E-state index in [1.54, 1.807) is 19.1 Å². The van der Waals surface area contributed by atoms with Gasteiger partial charge in [-0.1, -0.05) is 51.2 Å². The highest BCUT2D eigenvalue weighted by Crippen LogP contribution is 2.26. The highest BCUT2D eigenvalue weighted by Gasteiger charge is 2.18. The number of nitrogens with one attached hydrogen (secondary N) is 1. The lowest BCUT2D eigenvalue weighted by Gasteiger charge is -2.23. The minimum atomic E-state index is -3.16. The van der Waals surface area contributed by atoms with Crippen LogP contribution in [-0.2, 0) is 9.84 Å². The number of sulfone groups is 1. The van der Waals surface area contributed by atoms with Crippen LogP contribution in [0.25, 0.3) is 0 Å². The lowest BCUT2D eigenvalue weighted by atomic mass is 9.96. The topological polar surface area (TPSA) is 46.2 Å². The molecule has 0 aliphatic heterocycles. The molecule has 0 spiro atoms. The third-order valence-electron chi connectivity index (χ3n) is 4.07. The van der Waals surface area contributed by atoms with E-state index in [9.17, 15) is 8.42 Å². The summed E-state index contributed by atoms with van der Waals surface area (Å²) < 4.78 is 24.3. The number of benzene rings is 1. The summed E-state index contributed by atoms with van der Waals surface area (Å²) in [4.78, 5) is 0.449. The SMILES string of the molecule is CCS(=O)(=O)c1ccccc1NC1CCCCCCC1. The van der Waals surface area contributed by atoms with Gasteiger partial charge in [-0.25, -0.2) is 8.42 Å². The van der Waals surface area contributed by atoms with Crippen LogP contribution in [0, 0.1) is 0 Å². The summed E-state index contributed by atoms with van der Waals surface area (Å²) in [5.74, 6) is 0.149. The predicted octanol–water partition coefficient (Wildman–Crippen LogP) is 4.01. The molecule has 0 heterocycles. The first-order chi connectivity index (χ1) is 9.63. The van der Waals surface area contributed by atoms with Crippen molar-refractivity contribution in [1.29, 1.82) is 0 Å². The van der Waals surface area contributed by atoms with Gasteiger partial charge in [0, 0.05) is 6.04 Å². The lowest BCUT2D eigenvalue weighted by molar-refractivity contribution is 0.471. The summed E-state index contributed by atoms with van der Waals surface area (Å²) in [6, 6.07) is 7.71. The number of hydrogen-bond acceptors (Lipinski definition) is 3. The van der Waals surface area contributed by atoms with Crippen LogP contribution in [-0.4, -0.2) is 20.2 Å². The average Bonchev–Trinajstić information content (AvgIpc) is 2.42. The monoisotopic (exact) mass is 295 g/mol. The molecule has 4 heteroatoms. The van der Waals surface area contributed by atoms with Crippen molar-refractivity contribution >= 4 is 15.5 Å². The van der Waals surface area contributed by atoms with E-state index >= 15 is 0 Å². The summed E-state index contributed by atoms with van der Waals surface area (Å²) >= 11 is 0. The number of hydrogen-bond donors (Lipinski definition) is 1. The van der Waals surface area contributed by atoms with Crippen molar-refractivity contribution in [3.05, 3.63) is 24.3 Å². The maximum Gasteiger partial charge on any atom is 0.180 e. The third-order valence-corrected chi connectivity index (χ3v) is 5.85. The van der Waals surface area contributed by atoms with Crippen LogP contribution in [0.5, 0.6) is 0 Å². The Hall–Kier alpha value is -1.03. The fraction of sp³-hybridized carbons (Fsp3) is 0.625. The van der Waals surface area contributed by atoms with Gasteiger partial charge in [-0.3, -0.25) is 0 Å². The molecule has 1 aliphatic rings. The summed E-state index contributed by atoms with van der Waals surface area (Å²) in [5, 5.41) is 3.48. The molecule has 1 fully saturated rings. The molecule has 20 heavy (non-hydrogen) atoms. The quantitative estimate of drug-likeness (QED) is 0.913. The Morgan fingerprint density at radius 2 is 1.65 bits per heavy atom. The molecule has 0 bridgehead atoms. The van der Waals surface area contributed by atoms with Crippen molar-refractivity contribution in [2.24, 2.45) is 0 Å². The first-order valence-electron chi connectivity index (χ1n) is 7.72. The molecule has 0 atom stereocenters. The zero-order valence-corrected chi connectivity index (χ0v) is 13.1. The third kappa shape index (κ3) is 3.98. The highest BCUT2D eigenvalue weighted by atomic mass is 32.2. The first-order valence-corrected chi connectivity index (χ1v) is 9.37. The molecule has 0 amide bonds. The molecule has 112 valence electrons. The van der Waals surface area contributed by atoms with Gasteiger partial charge in [0.05, 0.1) is 16.3 Å². The fourth-order valence-corrected chi connectivity index (χ4v) is 3.89. The zero-order valence-electron chi connectivity index (χ0n) is 12.3. The van der Waals surface area contributed by atoms with Gasteiger partial charge in [-0.15, -0.1) is 0 Å². The van der Waals surface area contributed by atoms with E-state index in [0.29, 0.717) is 10.9 Å². The number of anilines is 1. The van der Waals surface area contributed by atoms with Crippen LogP contribution in [0.1, 0.15) is 51.9 Å². The smallest absolute Gasteiger partial charge is 0.180 e. The Bertz CT molecular complexity index is 517. The van der Waals surface area contributed by atoms with Crippen molar-refractivity contribution < 1.29 is 8.42 Å². The van der Waals surface area contributed by atoms with Gasteiger partial charge in [0.25, 0.3) is 0 Å². The molecule has 1 saturated carbocycles. The molecule has 1 aliphatic carbocycles. The van der Waals surface area contributed by atoms with Crippen LogP contribution in [0.4, 0.5) is 5.69 Å². The molecular weight excluding hydrogens is 270 g/mol. The first kappa shape index (κ1) is 15.4. The maximum atomic E-state index is 12.1. The predicted molar refractivity (Wildman–Crippen MR) is 83.9 cm³/mol. The molecule has 3 nitrogen and oxygen atoms in total. The van der Waals surface area contributed by atoms with Crippen LogP contribution >= 0.6 is 0 Å². The Morgan fingerprint density at radius 3 is 2.30 bits per heavy atom. The number of rotatable bonds is 4. The molecule has 1 N–H and O–H groups in total. The maximum absolute atomic E-state index is 12.1. The normalized spacial score (nSPS) is 18.2. The van der Waals surface area contributed by atoms with Gasteiger partial charge in [-0.05, 0) is 25.0 Å². The molecule has 1 aromatic rings. The van der Waals surface area contributed by atoms with E-state index in [0.717, 1.165) is 18.5 Å². The second-order valence-corrected chi connectivity index (χ2v) is 7.83. The highest BCUT2D eigenvalue weighted by molar-refractivity contribution is 7.91. The molecule has 0 aromatic heterocycles. The van der Waals surface area contributed by atoms with Gasteiger partial charge in [0.1, 0.15) is 0 Å². The summed E-state index contributed by atoms with van der Waals surface area (Å²) in [7, 11) is -3.16. The van der Waals surface area contributed by atoms with Gasteiger partial charge in [0.2, 0.25) is 0 Å². The van der Waals surface area contributed by atoms with Crippen LogP contribution < -0.4 is 5.32 Å². The molecule has 0 radical (unpaired) electrons. The van der Waals surface area contributed by atoms with Crippen molar-refractivity contribution in [2.45, 2.75) is 62.8 Å². The second kappa shape index (κ2) is 7.11. The van der Waals surface area contributed by atoms with E-state index in [1.807, 2.05) is 12.1 Å². The number of para-hydroxylation sites is 1. The van der Waals surface area contributed by atoms with E-state index in [4.69, 9.17) is 0 Å². The minimum Gasteiger partial charge on any atom is -0.381 e. The largest absolute Gasteiger partial charge is 0.381 e. The van der Waals surface area contributed by atoms with Gasteiger partial charge in [-0.2, -0.15) is 0 Å². The molecule has 0 unspecified atom stereocenters. The van der Waals surface area contributed by atoms with Crippen molar-refractivity contribution in [3.63, 3.8) is 0 Å². The van der Waals surface area contributed by atoms with Gasteiger partial charge >= 0.3 is 0 Å². The van der Waals surface area contributed by atoms with Crippen molar-refractivity contribution in [2.75, 3.05) is 11.1 Å². The van der Waals surface area contributed by atoms with Gasteiger partial charge < -0.3 is 5.32 Å². The standard InChI is InChI=1S/C16H25NO2S/c1-2-20(18,19)16-13-9-8-12-15(16)17-14-10-6-4-3-5-7-11-14/h8-9,12-14,17H,2-7,10-11H2,1H3. The Balaban J connectivity index is 2.16. The minimum absolute atomic E-state index is 0.149. The van der Waals surface area contributed by atoms with Crippen LogP contribution in [0.3, 0.4) is 0 Å². The van der Waals surface area contributed by atoms with E-state index < -0.39 is 9.84 Å². The summed E-state index contributed by atoms with van der Waals surface area (Å²) in [6.45, 7) is 1.70. The molecule has 2 rings (SSSR count). The Labute approximate surface area is 122 Å². The average molecular weight is 295 g/mol. The van der Waals surface area contributed by atoms with Crippen LogP contribution in [0.15, 0.2) is 29.2 Å². The summed E-state index contributed by atoms with van der Waals surface area (Å²) in [5.41, 5.74) is 0.778. The fourth-order valence-electron chi connectivity index (χ4n) is 2.83. The zero-order chi connectivity index (χ0) is 14.4. The van der Waals surface area contributed by atoms with E-state index in [1.165, 1.54) is 32.1 Å². The van der Waals surface area contributed by atoms with Crippen molar-refractivity contribution in [1.82, 2.24) is 0 Å². The Kier molecular flexibility index (Phi) is 5.46. The van der Waals surface area contributed by atoms with E-state index in [2.05, 4.69) is 5.32 Å². The molecular formula is C16H25NO2S. The second-order valence-electron chi connectivity index (χ2n) is 5.59. The van der Waals surface area contributed by atoms with E-state index in [-0.39, 0.29) is 5.75 Å².